The largest absolute Gasteiger partial charge is 0.488 e. The topological polar surface area (TPSA) is 87.7 Å². The first-order valence-electron chi connectivity index (χ1n) is 5.85. The molecule has 0 heterocycles. The minimum atomic E-state index is -1.48. The van der Waals surface area contributed by atoms with Crippen LogP contribution in [0.15, 0.2) is 48.5 Å². The van der Waals surface area contributed by atoms with Gasteiger partial charge in [0.15, 0.2) is 5.11 Å². The molecule has 0 atom stereocenters. The predicted octanol–water partition coefficient (Wildman–Crippen LogP) is 0.814. The average Bonchev–Trinajstić information content (AvgIpc) is 2.41. The Bertz CT molecular complexity index is 588. The summed E-state index contributed by atoms with van der Waals surface area (Å²) in [6, 6.07) is 13.6. The molecule has 0 saturated heterocycles. The van der Waals surface area contributed by atoms with Crippen molar-refractivity contribution in [2.24, 2.45) is 5.73 Å². The molecular weight excluding hydrogens is 275 g/mol. The summed E-state index contributed by atoms with van der Waals surface area (Å²) in [5.74, 6) is 1.25. The van der Waals surface area contributed by atoms with Gasteiger partial charge in [-0.2, -0.15) is 0 Å². The van der Waals surface area contributed by atoms with E-state index in [1.54, 1.807) is 48.5 Å². The van der Waals surface area contributed by atoms with Crippen LogP contribution in [0, 0.1) is 0 Å². The predicted molar refractivity (Wildman–Crippen MR) is 83.2 cm³/mol. The molecule has 0 amide bonds. The normalized spacial score (nSPS) is 9.90. The quantitative estimate of drug-likeness (QED) is 0.492. The molecule has 102 valence electrons. The maximum absolute atomic E-state index is 8.99. The first-order chi connectivity index (χ1) is 9.54. The zero-order valence-electron chi connectivity index (χ0n) is 10.5. The molecule has 0 bridgehead atoms. The third-order valence-electron chi connectivity index (χ3n) is 2.54. The fourth-order valence-corrected chi connectivity index (χ4v) is 1.71. The SMILES string of the molecule is NC(=S)Nc1ccc(Oc2ccc(B(O)O)cc2)cc1. The lowest BCUT2D eigenvalue weighted by Crippen LogP contribution is -2.29. The number of anilines is 1. The molecule has 2 rings (SSSR count). The summed E-state index contributed by atoms with van der Waals surface area (Å²) in [4.78, 5) is 0. The Hall–Kier alpha value is -2.09. The van der Waals surface area contributed by atoms with Crippen LogP contribution in [0.1, 0.15) is 0 Å². The molecule has 2 aromatic rings. The van der Waals surface area contributed by atoms with Crippen LogP contribution in [0.3, 0.4) is 0 Å². The van der Waals surface area contributed by atoms with Crippen LogP contribution in [0.25, 0.3) is 0 Å². The van der Waals surface area contributed by atoms with Gasteiger partial charge in [0.2, 0.25) is 0 Å². The molecule has 0 radical (unpaired) electrons. The number of rotatable bonds is 4. The molecule has 5 nitrogen and oxygen atoms in total. The second kappa shape index (κ2) is 6.38. The molecule has 0 fully saturated rings. The monoisotopic (exact) mass is 288 g/mol. The minimum Gasteiger partial charge on any atom is -0.457 e. The lowest BCUT2D eigenvalue weighted by Gasteiger charge is -2.08. The first-order valence-corrected chi connectivity index (χ1v) is 6.26. The second-order valence-electron chi connectivity index (χ2n) is 4.06. The van der Waals surface area contributed by atoms with Gasteiger partial charge in [0.1, 0.15) is 11.5 Å². The summed E-state index contributed by atoms with van der Waals surface area (Å²) in [7, 11) is -1.48. The molecule has 0 spiro atoms. The number of hydrogen-bond donors (Lipinski definition) is 4. The fraction of sp³-hybridized carbons (Fsp3) is 0. The third-order valence-corrected chi connectivity index (χ3v) is 2.64. The van der Waals surface area contributed by atoms with E-state index in [4.69, 9.17) is 32.7 Å². The van der Waals surface area contributed by atoms with Crippen LogP contribution < -0.4 is 21.3 Å². The summed E-state index contributed by atoms with van der Waals surface area (Å²) < 4.78 is 5.62. The number of nitrogens with one attached hydrogen (secondary N) is 1. The van der Waals surface area contributed by atoms with Crippen molar-refractivity contribution in [1.82, 2.24) is 0 Å². The van der Waals surface area contributed by atoms with E-state index in [2.05, 4.69) is 5.32 Å². The van der Waals surface area contributed by atoms with Crippen molar-refractivity contribution in [1.29, 1.82) is 0 Å². The van der Waals surface area contributed by atoms with Gasteiger partial charge in [-0.3, -0.25) is 0 Å². The third kappa shape index (κ3) is 3.96. The number of thiocarbonyl (C=S) groups is 1. The van der Waals surface area contributed by atoms with E-state index in [0.29, 0.717) is 17.0 Å². The molecule has 0 aliphatic carbocycles. The van der Waals surface area contributed by atoms with E-state index >= 15 is 0 Å². The molecule has 0 aromatic heterocycles. The lowest BCUT2D eigenvalue weighted by atomic mass is 9.80. The highest BCUT2D eigenvalue weighted by Gasteiger charge is 2.10. The van der Waals surface area contributed by atoms with Crippen molar-refractivity contribution in [3.63, 3.8) is 0 Å². The van der Waals surface area contributed by atoms with Crippen LogP contribution >= 0.6 is 12.2 Å². The van der Waals surface area contributed by atoms with Crippen LogP contribution in [-0.4, -0.2) is 22.3 Å². The first kappa shape index (κ1) is 14.3. The number of benzene rings is 2. The second-order valence-corrected chi connectivity index (χ2v) is 4.50. The van der Waals surface area contributed by atoms with Gasteiger partial charge in [0, 0.05) is 5.69 Å². The van der Waals surface area contributed by atoms with E-state index < -0.39 is 7.12 Å². The number of nitrogens with two attached hydrogens (primary N) is 1. The van der Waals surface area contributed by atoms with Crippen molar-refractivity contribution in [3.8, 4) is 11.5 Å². The molecule has 20 heavy (non-hydrogen) atoms. The Morgan fingerprint density at radius 2 is 1.50 bits per heavy atom. The zero-order valence-corrected chi connectivity index (χ0v) is 11.3. The highest BCUT2D eigenvalue weighted by Crippen LogP contribution is 2.22. The summed E-state index contributed by atoms with van der Waals surface area (Å²) in [5, 5.41) is 21.0. The van der Waals surface area contributed by atoms with Gasteiger partial charge in [-0.1, -0.05) is 12.1 Å². The van der Waals surface area contributed by atoms with E-state index in [-0.39, 0.29) is 5.11 Å². The standard InChI is InChI=1S/C13H13BN2O3S/c15-13(20)16-10-3-7-12(8-4-10)19-11-5-1-9(2-6-11)14(17)18/h1-8,17-18H,(H3,15,16,20). The van der Waals surface area contributed by atoms with Gasteiger partial charge >= 0.3 is 7.12 Å². The Morgan fingerprint density at radius 1 is 1.00 bits per heavy atom. The molecule has 0 unspecified atom stereocenters. The van der Waals surface area contributed by atoms with Gasteiger partial charge < -0.3 is 25.8 Å². The highest BCUT2D eigenvalue weighted by molar-refractivity contribution is 7.80. The van der Waals surface area contributed by atoms with Gasteiger partial charge in [-0.25, -0.2) is 0 Å². The summed E-state index contributed by atoms with van der Waals surface area (Å²) >= 11 is 4.74. The highest BCUT2D eigenvalue weighted by atomic mass is 32.1. The van der Waals surface area contributed by atoms with Crippen LogP contribution in [0.5, 0.6) is 11.5 Å². The van der Waals surface area contributed by atoms with Gasteiger partial charge in [0.25, 0.3) is 0 Å². The molecule has 7 heteroatoms. The van der Waals surface area contributed by atoms with Crippen molar-refractivity contribution < 1.29 is 14.8 Å². The summed E-state index contributed by atoms with van der Waals surface area (Å²) in [6.07, 6.45) is 0. The van der Waals surface area contributed by atoms with Gasteiger partial charge in [0.05, 0.1) is 0 Å². The summed E-state index contributed by atoms with van der Waals surface area (Å²) in [5.41, 5.74) is 6.56. The Balaban J connectivity index is 2.04. The average molecular weight is 288 g/mol. The fourth-order valence-electron chi connectivity index (χ4n) is 1.59. The van der Waals surface area contributed by atoms with Crippen LogP contribution in [0.4, 0.5) is 5.69 Å². The van der Waals surface area contributed by atoms with E-state index in [1.165, 1.54) is 0 Å². The van der Waals surface area contributed by atoms with Crippen molar-refractivity contribution in [2.75, 3.05) is 5.32 Å². The van der Waals surface area contributed by atoms with Crippen molar-refractivity contribution in [2.45, 2.75) is 0 Å². The minimum absolute atomic E-state index is 0.205. The zero-order chi connectivity index (χ0) is 14.5. The van der Waals surface area contributed by atoms with E-state index in [0.717, 1.165) is 5.69 Å². The molecule has 5 N–H and O–H groups in total. The van der Waals surface area contributed by atoms with E-state index in [1.807, 2.05) is 0 Å². The van der Waals surface area contributed by atoms with Crippen LogP contribution in [0.2, 0.25) is 0 Å². The Labute approximate surface area is 122 Å². The van der Waals surface area contributed by atoms with Gasteiger partial charge in [-0.05, 0) is 54.1 Å². The van der Waals surface area contributed by atoms with Crippen molar-refractivity contribution in [3.05, 3.63) is 48.5 Å². The summed E-state index contributed by atoms with van der Waals surface area (Å²) in [6.45, 7) is 0. The lowest BCUT2D eigenvalue weighted by molar-refractivity contribution is 0.425. The molecule has 0 aliphatic heterocycles. The Kier molecular flexibility index (Phi) is 4.57. The van der Waals surface area contributed by atoms with Crippen LogP contribution in [-0.2, 0) is 0 Å². The van der Waals surface area contributed by atoms with Gasteiger partial charge in [-0.15, -0.1) is 0 Å². The molecule has 0 saturated carbocycles. The smallest absolute Gasteiger partial charge is 0.457 e. The molecule has 0 aliphatic rings. The maximum Gasteiger partial charge on any atom is 0.488 e. The molecule has 2 aromatic carbocycles. The van der Waals surface area contributed by atoms with Crippen molar-refractivity contribution >= 4 is 35.6 Å². The molecular formula is C13H13BN2O3S. The number of hydrogen-bond acceptors (Lipinski definition) is 4. The number of ether oxygens (including phenoxy) is 1. The maximum atomic E-state index is 8.99. The Morgan fingerprint density at radius 3 is 1.95 bits per heavy atom. The van der Waals surface area contributed by atoms with E-state index in [9.17, 15) is 0 Å².